The van der Waals surface area contributed by atoms with E-state index in [1.807, 2.05) is 24.0 Å². The molecule has 1 saturated heterocycles. The molecule has 0 spiro atoms. The molecule has 1 amide bonds. The molecule has 1 aliphatic rings. The van der Waals surface area contributed by atoms with E-state index in [1.54, 1.807) is 6.07 Å². The summed E-state index contributed by atoms with van der Waals surface area (Å²) in [6.07, 6.45) is 2.69. The summed E-state index contributed by atoms with van der Waals surface area (Å²) in [5.74, 6) is 0.0366. The van der Waals surface area contributed by atoms with Crippen LogP contribution in [-0.4, -0.2) is 35.6 Å². The third-order valence-corrected chi connectivity index (χ3v) is 5.02. The number of piperidine rings is 1. The molecule has 0 aliphatic carbocycles. The number of aryl methyl sites for hydroxylation is 1. The summed E-state index contributed by atoms with van der Waals surface area (Å²) in [5, 5.41) is 10.2. The number of rotatable bonds is 3. The van der Waals surface area contributed by atoms with E-state index in [1.165, 1.54) is 0 Å². The van der Waals surface area contributed by atoms with E-state index in [0.29, 0.717) is 23.7 Å². The van der Waals surface area contributed by atoms with Crippen LogP contribution in [0.5, 0.6) is 0 Å². The molecule has 0 bridgehead atoms. The molecule has 0 atom stereocenters. The second-order valence-corrected chi connectivity index (χ2v) is 6.18. The number of nitrogens with zero attached hydrogens (tertiary/aromatic N) is 1. The quantitative estimate of drug-likeness (QED) is 0.930. The second-order valence-electron chi connectivity index (χ2n) is 5.77. The van der Waals surface area contributed by atoms with Gasteiger partial charge in [-0.2, -0.15) is 0 Å². The van der Waals surface area contributed by atoms with Gasteiger partial charge in [0.2, 0.25) is 0 Å². The molecule has 3 nitrogen and oxygen atoms in total. The molecule has 0 saturated carbocycles. The van der Waals surface area contributed by atoms with Gasteiger partial charge in [-0.25, -0.2) is 0 Å². The van der Waals surface area contributed by atoms with Gasteiger partial charge >= 0.3 is 0 Å². The van der Waals surface area contributed by atoms with E-state index in [4.69, 9.17) is 11.6 Å². The highest BCUT2D eigenvalue weighted by atomic mass is 35.5. The Balaban J connectivity index is 2.06. The Hall–Kier alpha value is -1.06. The maximum atomic E-state index is 12.5. The van der Waals surface area contributed by atoms with Crippen LogP contribution in [0.15, 0.2) is 18.2 Å². The number of likely N-dealkylation sites (tertiary alicyclic amines) is 1. The van der Waals surface area contributed by atoms with Crippen LogP contribution in [0.1, 0.15) is 42.1 Å². The molecule has 0 aromatic heterocycles. The van der Waals surface area contributed by atoms with Crippen molar-refractivity contribution in [1.82, 2.24) is 4.90 Å². The first-order valence-corrected chi connectivity index (χ1v) is 7.55. The van der Waals surface area contributed by atoms with Gasteiger partial charge < -0.3 is 10.0 Å². The Morgan fingerprint density at radius 1 is 1.40 bits per heavy atom. The molecule has 20 heavy (non-hydrogen) atoms. The molecule has 1 aromatic carbocycles. The lowest BCUT2D eigenvalue weighted by Gasteiger charge is -2.40. The lowest BCUT2D eigenvalue weighted by Crippen LogP contribution is -2.44. The van der Waals surface area contributed by atoms with Crippen molar-refractivity contribution in [2.24, 2.45) is 5.41 Å². The maximum Gasteiger partial charge on any atom is 0.253 e. The average Bonchev–Trinajstić information content (AvgIpc) is 2.49. The van der Waals surface area contributed by atoms with Crippen molar-refractivity contribution in [3.8, 4) is 0 Å². The lowest BCUT2D eigenvalue weighted by molar-refractivity contribution is 0.0338. The monoisotopic (exact) mass is 295 g/mol. The van der Waals surface area contributed by atoms with E-state index in [0.717, 1.165) is 24.8 Å². The van der Waals surface area contributed by atoms with Crippen LogP contribution in [0.3, 0.4) is 0 Å². The first-order chi connectivity index (χ1) is 9.51. The van der Waals surface area contributed by atoms with E-state index < -0.39 is 0 Å². The number of aliphatic hydroxyl groups excluding tert-OH is 1. The zero-order valence-corrected chi connectivity index (χ0v) is 12.9. The summed E-state index contributed by atoms with van der Waals surface area (Å²) in [4.78, 5) is 14.3. The summed E-state index contributed by atoms with van der Waals surface area (Å²) in [6.45, 7) is 5.65. The fourth-order valence-corrected chi connectivity index (χ4v) is 2.90. The highest BCUT2D eigenvalue weighted by Crippen LogP contribution is 2.34. The highest BCUT2D eigenvalue weighted by molar-refractivity contribution is 6.31. The lowest BCUT2D eigenvalue weighted by atomic mass is 9.77. The number of benzene rings is 1. The van der Waals surface area contributed by atoms with Gasteiger partial charge in [0.1, 0.15) is 0 Å². The van der Waals surface area contributed by atoms with Crippen LogP contribution in [0.2, 0.25) is 5.02 Å². The van der Waals surface area contributed by atoms with Gasteiger partial charge in [-0.05, 0) is 49.3 Å². The summed E-state index contributed by atoms with van der Waals surface area (Å²) in [6, 6.07) is 5.45. The van der Waals surface area contributed by atoms with Crippen molar-refractivity contribution < 1.29 is 9.90 Å². The van der Waals surface area contributed by atoms with Gasteiger partial charge in [-0.15, -0.1) is 0 Å². The highest BCUT2D eigenvalue weighted by Gasteiger charge is 2.34. The molecule has 2 rings (SSSR count). The minimum absolute atomic E-state index is 0.00169. The Bertz CT molecular complexity index is 487. The van der Waals surface area contributed by atoms with E-state index >= 15 is 0 Å². The third kappa shape index (κ3) is 2.99. The van der Waals surface area contributed by atoms with E-state index in [2.05, 4.69) is 6.92 Å². The van der Waals surface area contributed by atoms with Gasteiger partial charge in [-0.3, -0.25) is 4.79 Å². The largest absolute Gasteiger partial charge is 0.396 e. The molecule has 4 heteroatoms. The Kier molecular flexibility index (Phi) is 4.71. The molecule has 1 aromatic rings. The third-order valence-electron chi connectivity index (χ3n) is 4.62. The number of halogens is 1. The first kappa shape index (κ1) is 15.3. The number of carbonyl (C=O) groups is 1. The van der Waals surface area contributed by atoms with Crippen LogP contribution >= 0.6 is 11.6 Å². The molecule has 110 valence electrons. The number of carbonyl (C=O) groups excluding carboxylic acids is 1. The zero-order chi connectivity index (χ0) is 14.8. The van der Waals surface area contributed by atoms with E-state index in [9.17, 15) is 9.90 Å². The van der Waals surface area contributed by atoms with Crippen molar-refractivity contribution in [3.05, 3.63) is 34.3 Å². The summed E-state index contributed by atoms with van der Waals surface area (Å²) >= 11 is 6.08. The average molecular weight is 296 g/mol. The molecule has 1 heterocycles. The molecule has 1 aliphatic heterocycles. The number of aliphatic hydroxyl groups is 1. The topological polar surface area (TPSA) is 40.5 Å². The molecule has 0 radical (unpaired) electrons. The summed E-state index contributed by atoms with van der Waals surface area (Å²) in [5.41, 5.74) is 1.63. The predicted octanol–water partition coefficient (Wildman–Crippen LogP) is 3.27. The van der Waals surface area contributed by atoms with Crippen molar-refractivity contribution in [2.75, 3.05) is 19.7 Å². The SMILES string of the molecule is CCC1(CO)CCN(C(=O)c2ccc(C)c(Cl)c2)CC1. The van der Waals surface area contributed by atoms with Crippen molar-refractivity contribution in [2.45, 2.75) is 33.1 Å². The number of hydrogen-bond donors (Lipinski definition) is 1. The van der Waals surface area contributed by atoms with Crippen molar-refractivity contribution >= 4 is 17.5 Å². The van der Waals surface area contributed by atoms with Crippen LogP contribution in [0, 0.1) is 12.3 Å². The van der Waals surface area contributed by atoms with Gasteiger partial charge in [-0.1, -0.05) is 24.6 Å². The number of amides is 1. The first-order valence-electron chi connectivity index (χ1n) is 7.17. The smallest absolute Gasteiger partial charge is 0.253 e. The molecule has 1 fully saturated rings. The standard InChI is InChI=1S/C16H22ClNO2/c1-3-16(11-19)6-8-18(9-7-16)15(20)13-5-4-12(2)14(17)10-13/h4-5,10,19H,3,6-9,11H2,1-2H3. The van der Waals surface area contributed by atoms with Gasteiger partial charge in [0.05, 0.1) is 0 Å². The Morgan fingerprint density at radius 3 is 2.55 bits per heavy atom. The van der Waals surface area contributed by atoms with Crippen LogP contribution < -0.4 is 0 Å². The molecular formula is C16H22ClNO2. The van der Waals surface area contributed by atoms with Crippen LogP contribution in [0.25, 0.3) is 0 Å². The normalized spacial score (nSPS) is 18.1. The van der Waals surface area contributed by atoms with Gasteiger partial charge in [0.25, 0.3) is 5.91 Å². The van der Waals surface area contributed by atoms with E-state index in [-0.39, 0.29) is 17.9 Å². The van der Waals surface area contributed by atoms with Gasteiger partial charge in [0, 0.05) is 30.3 Å². The molecular weight excluding hydrogens is 274 g/mol. The second kappa shape index (κ2) is 6.15. The van der Waals surface area contributed by atoms with Crippen molar-refractivity contribution in [3.63, 3.8) is 0 Å². The Labute approximate surface area is 125 Å². The minimum atomic E-state index is 0.00169. The predicted molar refractivity (Wildman–Crippen MR) is 81.1 cm³/mol. The fourth-order valence-electron chi connectivity index (χ4n) is 2.72. The van der Waals surface area contributed by atoms with Gasteiger partial charge in [0.15, 0.2) is 0 Å². The zero-order valence-electron chi connectivity index (χ0n) is 12.2. The maximum absolute atomic E-state index is 12.5. The van der Waals surface area contributed by atoms with Crippen molar-refractivity contribution in [1.29, 1.82) is 0 Å². The van der Waals surface area contributed by atoms with Crippen LogP contribution in [-0.2, 0) is 0 Å². The minimum Gasteiger partial charge on any atom is -0.396 e. The summed E-state index contributed by atoms with van der Waals surface area (Å²) < 4.78 is 0. The number of hydrogen-bond acceptors (Lipinski definition) is 2. The van der Waals surface area contributed by atoms with Crippen LogP contribution in [0.4, 0.5) is 0 Å². The molecule has 1 N–H and O–H groups in total. The molecule has 0 unspecified atom stereocenters. The Morgan fingerprint density at radius 2 is 2.05 bits per heavy atom. The fraction of sp³-hybridized carbons (Fsp3) is 0.562. The summed E-state index contributed by atoms with van der Waals surface area (Å²) in [7, 11) is 0.